The van der Waals surface area contributed by atoms with Gasteiger partial charge in [-0.2, -0.15) is 0 Å². The number of carbonyl (C=O) groups excluding carboxylic acids is 10. The van der Waals surface area contributed by atoms with E-state index in [0.29, 0.717) is 114 Å². The average Bonchev–Trinajstić information content (AvgIpc) is 1.04. The van der Waals surface area contributed by atoms with Crippen LogP contribution < -0.4 is 0 Å². The van der Waals surface area contributed by atoms with Crippen LogP contribution in [0.4, 0.5) is 0 Å². The fraction of sp³-hybridized carbons (Fsp3) is 0.731. The number of cyclic esters (lactones) is 2. The molecular formula is C104H158N10O24. The third-order valence-electron chi connectivity index (χ3n) is 30.4. The topological polar surface area (TPSA) is 438 Å². The van der Waals surface area contributed by atoms with Crippen LogP contribution in [0.15, 0.2) is 108 Å². The predicted molar refractivity (Wildman–Crippen MR) is 512 cm³/mol. The molecule has 8 heterocycles. The number of Topliss-reactive ketones (excluding diaryl/α,β-unsaturated/α-hetero) is 6. The van der Waals surface area contributed by atoms with Crippen molar-refractivity contribution in [2.75, 3.05) is 55.7 Å². The second kappa shape index (κ2) is 53.5. The molecule has 34 nitrogen and oxygen atoms in total. The van der Waals surface area contributed by atoms with Crippen molar-refractivity contribution < 1.29 is 116 Å². The van der Waals surface area contributed by atoms with Crippen LogP contribution in [0.5, 0.6) is 0 Å². The minimum Gasteiger partial charge on any atom is -0.460 e. The largest absolute Gasteiger partial charge is 0.460 e. The zero-order valence-corrected chi connectivity index (χ0v) is 85.1. The van der Waals surface area contributed by atoms with Crippen LogP contribution >= 0.6 is 0 Å². The van der Waals surface area contributed by atoms with E-state index >= 15 is 0 Å². The van der Waals surface area contributed by atoms with Crippen molar-refractivity contribution in [3.8, 4) is 0 Å². The number of methoxy groups -OCH3 is 6. The number of fused-ring (bicyclic) bond motifs is 6. The zero-order chi connectivity index (χ0) is 101. The van der Waals surface area contributed by atoms with Gasteiger partial charge in [0.1, 0.15) is 72.9 Å². The Morgan fingerprint density at radius 2 is 0.819 bits per heavy atom. The van der Waals surface area contributed by atoms with E-state index in [1.54, 1.807) is 104 Å². The highest BCUT2D eigenvalue weighted by molar-refractivity contribution is 6.39. The molecule has 30 atom stereocenters. The number of aromatic nitrogens is 8. The average molecular weight is 1930 g/mol. The number of rotatable bonds is 14. The molecule has 768 valence electrons. The summed E-state index contributed by atoms with van der Waals surface area (Å²) in [6.45, 7) is 25.6. The first-order valence-corrected chi connectivity index (χ1v) is 50.1. The smallest absolute Gasteiger partial charge is 0.329 e. The summed E-state index contributed by atoms with van der Waals surface area (Å²) in [7, 11) is 9.24. The first-order valence-electron chi connectivity index (χ1n) is 50.1. The molecular weight excluding hydrogens is 1770 g/mol. The molecule has 4 bridgehead atoms. The zero-order valence-electron chi connectivity index (χ0n) is 85.1. The highest BCUT2D eigenvalue weighted by Crippen LogP contribution is 2.44. The fourth-order valence-corrected chi connectivity index (χ4v) is 21.5. The molecule has 2 aliphatic carbocycles. The van der Waals surface area contributed by atoms with Gasteiger partial charge in [-0.05, 0) is 235 Å². The summed E-state index contributed by atoms with van der Waals surface area (Å²) < 4.78 is 63.2. The second-order valence-electron chi connectivity index (χ2n) is 40.8. The number of esters is 2. The number of piperidine rings is 2. The molecule has 138 heavy (non-hydrogen) atoms. The van der Waals surface area contributed by atoms with E-state index in [9.17, 15) is 68.4 Å². The van der Waals surface area contributed by atoms with Crippen LogP contribution in [0.25, 0.3) is 0 Å². The van der Waals surface area contributed by atoms with E-state index in [1.807, 2.05) is 116 Å². The Labute approximate surface area is 815 Å². The Hall–Kier alpha value is -8.52. The van der Waals surface area contributed by atoms with Gasteiger partial charge in [-0.1, -0.05) is 142 Å². The van der Waals surface area contributed by atoms with Gasteiger partial charge in [-0.25, -0.2) is 19.0 Å². The SMILES string of the molecule is CO[C@H]1C[C@@H]2CC[C@@H](C)[C@@](O)(O2)C(=O)C(=O)N2CCCC[C@H]2C(=O)O[C@H]([C@H](C)C[C@@H]2CC[C@H](n3cnnn3)[C@H](OC)C2)CC(=O)[C@H](C)/C=C(\C)[C@@H](O)[C@@H](OC)C(=O)[C@H](C)C[C@H](C)/C=C/C=CC=C1C.CO[C@H]1C[C@@H]2CC[C@@H](C)[C@@](O)(O2)C(=O)C(=O)N2CCCC[C@H]2C(=O)O[C@H]([C@H](C)C[C@@H]2CC[C@H](n3cnnn3)[C@H](OC)C2)CC(=O)[C@H](C)/C=C(\C)[C@@H](O)[C@@H](OC)C(=O)[C@H](C)C[C@H](C)/C=C/C=CC=C1C. The second-order valence-corrected chi connectivity index (χ2v) is 40.8. The molecule has 34 heteroatoms. The third kappa shape index (κ3) is 29.8. The molecule has 8 aliphatic rings. The number of ketones is 6. The quantitative estimate of drug-likeness (QED) is 0.0775. The Kier molecular flexibility index (Phi) is 43.9. The number of amides is 2. The Bertz CT molecular complexity index is 4320. The van der Waals surface area contributed by atoms with Gasteiger partial charge in [0.25, 0.3) is 23.4 Å². The maximum atomic E-state index is 14.5. The molecule has 0 spiro atoms. The Morgan fingerprint density at radius 3 is 1.16 bits per heavy atom. The van der Waals surface area contributed by atoms with Gasteiger partial charge >= 0.3 is 11.9 Å². The maximum absolute atomic E-state index is 14.5. The van der Waals surface area contributed by atoms with E-state index in [0.717, 1.165) is 36.8 Å². The molecule has 2 amide bonds. The number of hydrogen-bond acceptors (Lipinski definition) is 30. The molecule has 6 aliphatic heterocycles. The van der Waals surface area contributed by atoms with Crippen LogP contribution in [0, 0.1) is 71.0 Å². The van der Waals surface area contributed by atoms with E-state index < -0.39 is 156 Å². The van der Waals surface area contributed by atoms with E-state index in [4.69, 9.17) is 47.4 Å². The molecule has 0 aromatic carbocycles. The predicted octanol–water partition coefficient (Wildman–Crippen LogP) is 12.1. The van der Waals surface area contributed by atoms with Gasteiger partial charge in [0, 0.05) is 117 Å². The monoisotopic (exact) mass is 1930 g/mol. The van der Waals surface area contributed by atoms with Gasteiger partial charge in [0.2, 0.25) is 11.6 Å². The number of aliphatic hydroxyl groups excluding tert-OH is 2. The molecule has 4 N–H and O–H groups in total. The number of allylic oxidation sites excluding steroid dienone is 12. The van der Waals surface area contributed by atoms with Gasteiger partial charge < -0.3 is 77.6 Å². The number of carbonyl (C=O) groups is 10. The highest BCUT2D eigenvalue weighted by Gasteiger charge is 2.56. The van der Waals surface area contributed by atoms with Crippen LogP contribution in [0.2, 0.25) is 0 Å². The number of aliphatic hydroxyl groups is 4. The lowest BCUT2D eigenvalue weighted by atomic mass is 9.77. The van der Waals surface area contributed by atoms with Crippen molar-refractivity contribution in [1.29, 1.82) is 0 Å². The Balaban J connectivity index is 0.000000309. The number of nitrogens with zero attached hydrogens (tertiary/aromatic N) is 10. The highest BCUT2D eigenvalue weighted by atomic mass is 16.6. The lowest BCUT2D eigenvalue weighted by Crippen LogP contribution is -2.61. The van der Waals surface area contributed by atoms with E-state index in [1.165, 1.54) is 24.0 Å². The van der Waals surface area contributed by atoms with Crippen molar-refractivity contribution >= 4 is 58.5 Å². The minimum absolute atomic E-state index is 0.0170. The first-order chi connectivity index (χ1) is 65.6. The lowest BCUT2D eigenvalue weighted by Gasteiger charge is -2.42. The molecule has 2 aromatic heterocycles. The summed E-state index contributed by atoms with van der Waals surface area (Å²) >= 11 is 0. The normalized spacial score (nSPS) is 37.5. The summed E-state index contributed by atoms with van der Waals surface area (Å²) in [5.41, 5.74) is 2.54. The summed E-state index contributed by atoms with van der Waals surface area (Å²) in [5.74, 6) is -15.8. The number of ether oxygens (including phenoxy) is 10. The molecule has 2 aromatic rings. The summed E-state index contributed by atoms with van der Waals surface area (Å²) in [4.78, 5) is 145. The first kappa shape index (κ1) is 113. The van der Waals surface area contributed by atoms with Crippen LogP contribution in [0.1, 0.15) is 263 Å². The van der Waals surface area contributed by atoms with E-state index in [2.05, 4.69) is 31.1 Å². The fourth-order valence-electron chi connectivity index (χ4n) is 21.5. The standard InChI is InChI=1S/2C52H79N5O12/c2*1-31-16-12-11-13-17-32(2)43(65-8)28-39-21-19-37(7)52(64,69-39)49(61)50(62)56-23-15-14-18-41(56)51(63)68-44(34(4)26-38-20-22-40(45(27-38)66-9)57-30-53-54-55-57)29-42(58)33(3)25-36(6)47(60)48(67-10)46(59)35(5)24-31/h2*11-13,16-17,25,30-31,33-35,37-41,43-45,47-48,60,64H,14-15,18-24,26-29H2,1-10H3/b2*13-11?,16-12+,32-17?,36-25+/t2*31-,33-,34-,35-,37-,38+,39+,40+,41+,43+,44+,45-,47-,48+,52-/m11/s1. The lowest BCUT2D eigenvalue weighted by molar-refractivity contribution is -0.265. The van der Waals surface area contributed by atoms with Crippen molar-refractivity contribution in [1.82, 2.24) is 50.2 Å². The molecule has 6 fully saturated rings. The summed E-state index contributed by atoms with van der Waals surface area (Å²) in [6.07, 6.45) is 27.9. The van der Waals surface area contributed by atoms with Gasteiger partial charge in [0.15, 0.2) is 11.6 Å². The van der Waals surface area contributed by atoms with E-state index in [-0.39, 0.29) is 122 Å². The van der Waals surface area contributed by atoms with Crippen LogP contribution in [0.3, 0.4) is 0 Å². The van der Waals surface area contributed by atoms with Crippen molar-refractivity contribution in [3.05, 3.63) is 108 Å². The molecule has 4 saturated heterocycles. The Morgan fingerprint density at radius 1 is 0.442 bits per heavy atom. The molecule has 2 saturated carbocycles. The number of hydrogen-bond donors (Lipinski definition) is 4. The van der Waals surface area contributed by atoms with Crippen molar-refractivity contribution in [3.63, 3.8) is 0 Å². The third-order valence-corrected chi connectivity index (χ3v) is 30.4. The summed E-state index contributed by atoms with van der Waals surface area (Å²) in [6, 6.07) is -2.39. The van der Waals surface area contributed by atoms with Crippen LogP contribution in [-0.4, -0.2) is 282 Å². The summed E-state index contributed by atoms with van der Waals surface area (Å²) in [5, 5.41) is 70.4. The number of tetrazole rings is 2. The van der Waals surface area contributed by atoms with Crippen LogP contribution in [-0.2, 0) is 95.3 Å². The molecule has 10 rings (SSSR count). The van der Waals surface area contributed by atoms with Gasteiger partial charge in [-0.15, -0.1) is 10.2 Å². The maximum Gasteiger partial charge on any atom is 0.329 e. The van der Waals surface area contributed by atoms with Gasteiger partial charge in [0.05, 0.1) is 48.7 Å². The molecule has 0 unspecified atom stereocenters. The molecule has 0 radical (unpaired) electrons. The van der Waals surface area contributed by atoms with Crippen molar-refractivity contribution in [2.24, 2.45) is 71.0 Å². The minimum atomic E-state index is -2.43. The van der Waals surface area contributed by atoms with Crippen molar-refractivity contribution in [2.45, 2.75) is 360 Å². The van der Waals surface area contributed by atoms with Gasteiger partial charge in [-0.3, -0.25) is 38.4 Å².